The number of aromatic nitrogens is 5. The molecule has 0 saturated heterocycles. The third-order valence-corrected chi connectivity index (χ3v) is 7.11. The van der Waals surface area contributed by atoms with E-state index in [4.69, 9.17) is 9.84 Å². The maximum absolute atomic E-state index is 5.78. The average molecular weight is 486 g/mol. The predicted octanol–water partition coefficient (Wildman–Crippen LogP) is 6.81. The number of benzene rings is 2. The lowest BCUT2D eigenvalue weighted by atomic mass is 9.87. The van der Waals surface area contributed by atoms with Crippen LogP contribution in [0.3, 0.4) is 0 Å². The van der Waals surface area contributed by atoms with E-state index in [9.17, 15) is 0 Å². The van der Waals surface area contributed by atoms with Gasteiger partial charge >= 0.3 is 0 Å². The quantitative estimate of drug-likeness (QED) is 0.178. The fourth-order valence-electron chi connectivity index (χ4n) is 3.94. The molecule has 7 heteroatoms. The van der Waals surface area contributed by atoms with Gasteiger partial charge in [0.1, 0.15) is 11.3 Å². The molecule has 0 aliphatic heterocycles. The summed E-state index contributed by atoms with van der Waals surface area (Å²) in [5.74, 6) is 1.73. The SMILES string of the molecule is CCCCOc1ccc(-c2cc3c4nnc(SCc5ccc(C(C)(C)C)cc5)n4ccn3n2)cc1. The van der Waals surface area contributed by atoms with Gasteiger partial charge in [-0.05, 0) is 53.3 Å². The Hall–Kier alpha value is -3.32. The van der Waals surface area contributed by atoms with E-state index in [2.05, 4.69) is 80.4 Å². The molecule has 0 atom stereocenters. The van der Waals surface area contributed by atoms with Gasteiger partial charge in [0.15, 0.2) is 10.8 Å². The molecule has 5 rings (SSSR count). The zero-order chi connectivity index (χ0) is 24.4. The van der Waals surface area contributed by atoms with Crippen LogP contribution in [0.5, 0.6) is 5.75 Å². The van der Waals surface area contributed by atoms with Gasteiger partial charge in [-0.25, -0.2) is 4.52 Å². The molecule has 3 heterocycles. The molecule has 0 fully saturated rings. The Bertz CT molecular complexity index is 1430. The van der Waals surface area contributed by atoms with Crippen LogP contribution >= 0.6 is 11.8 Å². The molecule has 0 aliphatic rings. The van der Waals surface area contributed by atoms with Gasteiger partial charge in [0.05, 0.1) is 12.3 Å². The van der Waals surface area contributed by atoms with Crippen molar-refractivity contribution >= 4 is 22.9 Å². The lowest BCUT2D eigenvalue weighted by Gasteiger charge is -2.19. The standard InChI is InChI=1S/C28H31N5OS/c1-5-6-17-34-23-13-9-21(10-14-23)24-18-25-26-29-30-27(32(26)15-16-33(25)31-24)35-19-20-7-11-22(12-8-20)28(2,3)4/h7-16,18H,5-6,17,19H2,1-4H3. The molecule has 0 N–H and O–H groups in total. The Morgan fingerprint density at radius 2 is 1.71 bits per heavy atom. The van der Waals surface area contributed by atoms with Crippen LogP contribution in [0.1, 0.15) is 51.7 Å². The van der Waals surface area contributed by atoms with Crippen molar-refractivity contribution in [2.24, 2.45) is 0 Å². The maximum Gasteiger partial charge on any atom is 0.196 e. The minimum absolute atomic E-state index is 0.162. The summed E-state index contributed by atoms with van der Waals surface area (Å²) in [6, 6.07) is 19.0. The Labute approximate surface area is 210 Å². The third kappa shape index (κ3) is 5.05. The van der Waals surface area contributed by atoms with Gasteiger partial charge in [-0.2, -0.15) is 5.10 Å². The molecule has 0 aliphatic carbocycles. The average Bonchev–Trinajstić information content (AvgIpc) is 3.47. The molecule has 180 valence electrons. The highest BCUT2D eigenvalue weighted by Crippen LogP contribution is 2.28. The summed E-state index contributed by atoms with van der Waals surface area (Å²) in [7, 11) is 0. The molecule has 35 heavy (non-hydrogen) atoms. The maximum atomic E-state index is 5.78. The van der Waals surface area contributed by atoms with Crippen molar-refractivity contribution in [2.75, 3.05) is 6.61 Å². The first kappa shape index (κ1) is 23.4. The van der Waals surface area contributed by atoms with E-state index >= 15 is 0 Å². The molecular weight excluding hydrogens is 454 g/mol. The van der Waals surface area contributed by atoms with Crippen LogP contribution in [0, 0.1) is 0 Å². The van der Waals surface area contributed by atoms with Crippen LogP contribution in [0.15, 0.2) is 72.1 Å². The smallest absolute Gasteiger partial charge is 0.196 e. The van der Waals surface area contributed by atoms with Crippen molar-refractivity contribution in [1.29, 1.82) is 0 Å². The summed E-state index contributed by atoms with van der Waals surface area (Å²) in [6.07, 6.45) is 6.13. The first-order chi connectivity index (χ1) is 16.9. The summed E-state index contributed by atoms with van der Waals surface area (Å²) in [5.41, 5.74) is 6.45. The van der Waals surface area contributed by atoms with Crippen molar-refractivity contribution in [3.8, 4) is 17.0 Å². The van der Waals surface area contributed by atoms with Gasteiger partial charge in [0.25, 0.3) is 0 Å². The second kappa shape index (κ2) is 9.74. The minimum atomic E-state index is 0.162. The third-order valence-electron chi connectivity index (χ3n) is 6.09. The van der Waals surface area contributed by atoms with E-state index < -0.39 is 0 Å². The molecule has 0 unspecified atom stereocenters. The molecule has 0 saturated carbocycles. The molecule has 0 amide bonds. The van der Waals surface area contributed by atoms with Crippen molar-refractivity contribution in [3.05, 3.63) is 78.1 Å². The van der Waals surface area contributed by atoms with Gasteiger partial charge in [-0.3, -0.25) is 4.40 Å². The number of nitrogens with zero attached hydrogens (tertiary/aromatic N) is 5. The number of fused-ring (bicyclic) bond motifs is 3. The molecule has 0 spiro atoms. The second-order valence-corrected chi connectivity index (χ2v) is 10.7. The fraction of sp³-hybridized carbons (Fsp3) is 0.321. The summed E-state index contributed by atoms with van der Waals surface area (Å²) in [5, 5.41) is 14.6. The number of rotatable bonds is 8. The largest absolute Gasteiger partial charge is 0.494 e. The van der Waals surface area contributed by atoms with Crippen molar-refractivity contribution < 1.29 is 4.74 Å². The van der Waals surface area contributed by atoms with Crippen molar-refractivity contribution in [2.45, 2.75) is 56.9 Å². The zero-order valence-corrected chi connectivity index (χ0v) is 21.5. The summed E-state index contributed by atoms with van der Waals surface area (Å²) in [6.45, 7) is 9.62. The van der Waals surface area contributed by atoms with Crippen LogP contribution in [0.25, 0.3) is 22.4 Å². The number of unbranched alkanes of at least 4 members (excludes halogenated alkanes) is 1. The van der Waals surface area contributed by atoms with Crippen LogP contribution in [0.4, 0.5) is 0 Å². The Morgan fingerprint density at radius 1 is 0.943 bits per heavy atom. The van der Waals surface area contributed by atoms with Gasteiger partial charge < -0.3 is 4.74 Å². The number of ether oxygens (including phenoxy) is 1. The van der Waals surface area contributed by atoms with E-state index in [-0.39, 0.29) is 5.41 Å². The van der Waals surface area contributed by atoms with E-state index in [0.717, 1.165) is 58.5 Å². The lowest BCUT2D eigenvalue weighted by molar-refractivity contribution is 0.309. The highest BCUT2D eigenvalue weighted by Gasteiger charge is 2.15. The predicted molar refractivity (Wildman–Crippen MR) is 142 cm³/mol. The summed E-state index contributed by atoms with van der Waals surface area (Å²) >= 11 is 1.69. The Balaban J connectivity index is 1.34. The van der Waals surface area contributed by atoms with Crippen LogP contribution in [0.2, 0.25) is 0 Å². The molecule has 0 bridgehead atoms. The molecule has 6 nitrogen and oxygen atoms in total. The van der Waals surface area contributed by atoms with Gasteiger partial charge in [-0.1, -0.05) is 70.1 Å². The van der Waals surface area contributed by atoms with Crippen LogP contribution < -0.4 is 4.74 Å². The number of thioether (sulfide) groups is 1. The van der Waals surface area contributed by atoms with E-state index in [0.29, 0.717) is 0 Å². The van der Waals surface area contributed by atoms with Crippen molar-refractivity contribution in [1.82, 2.24) is 24.2 Å². The van der Waals surface area contributed by atoms with E-state index in [1.165, 1.54) is 11.1 Å². The normalized spacial score (nSPS) is 12.0. The minimum Gasteiger partial charge on any atom is -0.494 e. The van der Waals surface area contributed by atoms with Gasteiger partial charge in [0, 0.05) is 23.7 Å². The highest BCUT2D eigenvalue weighted by molar-refractivity contribution is 7.98. The molecule has 0 radical (unpaired) electrons. The summed E-state index contributed by atoms with van der Waals surface area (Å²) < 4.78 is 9.69. The molecule has 2 aromatic carbocycles. The second-order valence-electron chi connectivity index (χ2n) is 9.80. The van der Waals surface area contributed by atoms with Crippen LogP contribution in [-0.4, -0.2) is 30.8 Å². The highest BCUT2D eigenvalue weighted by atomic mass is 32.2. The number of hydrogen-bond donors (Lipinski definition) is 0. The Kier molecular flexibility index (Phi) is 6.52. The number of hydrogen-bond acceptors (Lipinski definition) is 5. The van der Waals surface area contributed by atoms with Gasteiger partial charge in [-0.15, -0.1) is 10.2 Å². The zero-order valence-electron chi connectivity index (χ0n) is 20.7. The monoisotopic (exact) mass is 485 g/mol. The lowest BCUT2D eigenvalue weighted by Crippen LogP contribution is -2.10. The van der Waals surface area contributed by atoms with Gasteiger partial charge in [0.2, 0.25) is 0 Å². The fourth-order valence-corrected chi connectivity index (χ4v) is 4.81. The molecule has 3 aromatic heterocycles. The topological polar surface area (TPSA) is 56.7 Å². The molecular formula is C28H31N5OS. The van der Waals surface area contributed by atoms with Crippen LogP contribution in [-0.2, 0) is 11.2 Å². The first-order valence-electron chi connectivity index (χ1n) is 12.1. The van der Waals surface area contributed by atoms with Crippen molar-refractivity contribution in [3.63, 3.8) is 0 Å². The molecule has 5 aromatic rings. The first-order valence-corrected chi connectivity index (χ1v) is 13.1. The van der Waals surface area contributed by atoms with E-state index in [1.807, 2.05) is 33.4 Å². The summed E-state index contributed by atoms with van der Waals surface area (Å²) in [4.78, 5) is 0. The Morgan fingerprint density at radius 3 is 2.43 bits per heavy atom. The van der Waals surface area contributed by atoms with E-state index in [1.54, 1.807) is 11.8 Å².